The van der Waals surface area contributed by atoms with Crippen LogP contribution < -0.4 is 37.5 Å². The Balaban J connectivity index is 0.538. The summed E-state index contributed by atoms with van der Waals surface area (Å²) in [7, 11) is 0. The number of carbonyl (C=O) groups excluding carboxylic acids is 9. The fraction of sp³-hybridized carbons (Fsp3) is 0.522. The molecule has 6 heterocycles. The molecule has 9 rings (SSSR count). The second-order valence-electron chi connectivity index (χ2n) is 23.9. The lowest BCUT2D eigenvalue weighted by molar-refractivity contribution is -0.172. The number of carbonyl (C=O) groups is 9. The van der Waals surface area contributed by atoms with Crippen LogP contribution in [0.1, 0.15) is 66.8 Å². The van der Waals surface area contributed by atoms with Crippen LogP contribution in [-0.4, -0.2) is 230 Å². The van der Waals surface area contributed by atoms with Crippen molar-refractivity contribution in [3.05, 3.63) is 104 Å². The number of thioether (sulfide) groups is 1. The molecule has 0 bridgehead atoms. The second-order valence-corrected chi connectivity index (χ2v) is 24.8. The van der Waals surface area contributed by atoms with Crippen LogP contribution in [0.25, 0.3) is 28.4 Å². The number of hydrogen-bond acceptors (Lipinski definition) is 23. The fourth-order valence-corrected chi connectivity index (χ4v) is 12.7. The summed E-state index contributed by atoms with van der Waals surface area (Å²) in [4.78, 5) is 135. The monoisotopic (exact) mass is 1410 g/mol. The van der Waals surface area contributed by atoms with Crippen LogP contribution in [-0.2, 0) is 116 Å². The Hall–Kier alpha value is -8.34. The lowest BCUT2D eigenvalue weighted by Gasteiger charge is -2.31. The smallest absolute Gasteiger partial charge is 0.343 e. The third-order valence-electron chi connectivity index (χ3n) is 17.1. The molecule has 30 nitrogen and oxygen atoms in total. The first kappa shape index (κ1) is 75.9. The topological polar surface area (TPSA) is 376 Å². The van der Waals surface area contributed by atoms with E-state index in [4.69, 9.17) is 52.4 Å². The van der Waals surface area contributed by atoms with Crippen LogP contribution in [0.4, 0.5) is 5.69 Å². The molecule has 1 fully saturated rings. The molecule has 4 aromatic rings. The summed E-state index contributed by atoms with van der Waals surface area (Å²) in [6, 6.07) is 12.8. The summed E-state index contributed by atoms with van der Waals surface area (Å²) in [5, 5.41) is 29.8. The van der Waals surface area contributed by atoms with E-state index in [-0.39, 0.29) is 92.1 Å². The molecule has 1 unspecified atom stereocenters. The SMILES string of the molecule is CCC1(O)C(=O)OCc2c1cc1n(c2=O)Cc2c-1nc1ccc(NC(=O)CNC(=O)[C@H](Cc3ccccc3)NC(=O)CNC(=O)CNC(=O)COCCOCCOCCOCCOCCOCCOCCOCCOCCNC(=O)C3CCC(CN4C(=O)C=CC4=O)CC3)c3c1c2C=CS3. The Morgan fingerprint density at radius 1 is 0.650 bits per heavy atom. The predicted octanol–water partition coefficient (Wildman–Crippen LogP) is 1.17. The van der Waals surface area contributed by atoms with E-state index in [0.717, 1.165) is 42.2 Å². The van der Waals surface area contributed by atoms with E-state index in [1.54, 1.807) is 60.0 Å². The average Bonchev–Trinajstić information content (AvgIpc) is 1.52. The zero-order chi connectivity index (χ0) is 70.6. The van der Waals surface area contributed by atoms with Gasteiger partial charge < -0.3 is 88.9 Å². The number of nitrogens with one attached hydrogen (secondary N) is 6. The molecule has 8 amide bonds. The van der Waals surface area contributed by atoms with Crippen molar-refractivity contribution in [2.75, 3.05) is 157 Å². The van der Waals surface area contributed by atoms with E-state index >= 15 is 0 Å². The first-order valence-electron chi connectivity index (χ1n) is 33.6. The summed E-state index contributed by atoms with van der Waals surface area (Å²) < 4.78 is 56.2. The molecule has 7 N–H and O–H groups in total. The molecular weight excluding hydrogens is 1320 g/mol. The number of anilines is 1. The van der Waals surface area contributed by atoms with Crippen LogP contribution >= 0.6 is 11.8 Å². The highest BCUT2D eigenvalue weighted by Crippen LogP contribution is 2.47. The number of imide groups is 1. The number of fused-ring (bicyclic) bond motifs is 5. The number of cyclic esters (lactones) is 1. The molecule has 4 aliphatic heterocycles. The van der Waals surface area contributed by atoms with E-state index in [1.807, 2.05) is 11.5 Å². The minimum atomic E-state index is -1.97. The van der Waals surface area contributed by atoms with Crippen molar-refractivity contribution < 1.29 is 95.6 Å². The minimum Gasteiger partial charge on any atom is -0.458 e. The van der Waals surface area contributed by atoms with Gasteiger partial charge in [-0.1, -0.05) is 49.0 Å². The van der Waals surface area contributed by atoms with Gasteiger partial charge in [-0.2, -0.15) is 0 Å². The van der Waals surface area contributed by atoms with Gasteiger partial charge in [-0.25, -0.2) is 9.78 Å². The fourth-order valence-electron chi connectivity index (χ4n) is 11.8. The Bertz CT molecular complexity index is 3640. The Morgan fingerprint density at radius 2 is 1.22 bits per heavy atom. The summed E-state index contributed by atoms with van der Waals surface area (Å²) in [6.07, 6.45) is 7.65. The van der Waals surface area contributed by atoms with Gasteiger partial charge >= 0.3 is 5.97 Å². The van der Waals surface area contributed by atoms with Gasteiger partial charge in [-0.05, 0) is 78.8 Å². The second kappa shape index (κ2) is 39.0. The highest BCUT2D eigenvalue weighted by atomic mass is 32.2. The summed E-state index contributed by atoms with van der Waals surface area (Å²) in [5.41, 5.74) is 2.37. The molecule has 2 aromatic heterocycles. The molecule has 31 heteroatoms. The Labute approximate surface area is 581 Å². The highest BCUT2D eigenvalue weighted by Gasteiger charge is 2.46. The maximum atomic E-state index is 13.8. The number of pyridine rings is 2. The Morgan fingerprint density at radius 3 is 1.83 bits per heavy atom. The quantitative estimate of drug-likeness (QED) is 0.0163. The molecule has 0 spiro atoms. The predicted molar refractivity (Wildman–Crippen MR) is 361 cm³/mol. The summed E-state index contributed by atoms with van der Waals surface area (Å²) in [6.45, 7) is 6.74. The number of hydrogen-bond donors (Lipinski definition) is 7. The first-order valence-corrected chi connectivity index (χ1v) is 34.4. The zero-order valence-electron chi connectivity index (χ0n) is 55.9. The van der Waals surface area contributed by atoms with Gasteiger partial charge in [-0.15, -0.1) is 0 Å². The van der Waals surface area contributed by atoms with Gasteiger partial charge in [0.15, 0.2) is 5.60 Å². The highest BCUT2D eigenvalue weighted by molar-refractivity contribution is 8.02. The Kier molecular flexibility index (Phi) is 29.6. The van der Waals surface area contributed by atoms with Crippen LogP contribution in [0.5, 0.6) is 0 Å². The van der Waals surface area contributed by atoms with E-state index in [0.29, 0.717) is 145 Å². The van der Waals surface area contributed by atoms with Crippen LogP contribution in [0.15, 0.2) is 75.8 Å². The molecule has 1 aliphatic carbocycles. The molecule has 0 radical (unpaired) electrons. The van der Waals surface area contributed by atoms with Crippen molar-refractivity contribution in [2.45, 2.75) is 75.1 Å². The van der Waals surface area contributed by atoms with Crippen molar-refractivity contribution >= 4 is 87.7 Å². The molecule has 0 saturated heterocycles. The number of benzene rings is 2. The van der Waals surface area contributed by atoms with E-state index in [2.05, 4.69) is 31.9 Å². The number of esters is 1. The molecule has 100 heavy (non-hydrogen) atoms. The standard InChI is InChI=1S/C69H87N9O21S/c1-2-69(89)51-37-55-63-49(42-77(55)67(87)50(51)43-99-68(69)88)48-16-35-100-64-53(13-12-52(76-63)62(48)64)74-58(81)40-73-66(86)54(36-45-6-4-3-5-7-45)75-57(80)39-71-56(79)38-72-59(82)44-98-34-33-97-32-31-96-30-29-95-28-27-94-26-25-93-24-23-92-22-21-91-20-19-90-18-17-70-65(85)47-10-8-46(9-11-47)41-78-60(83)14-15-61(78)84/h3-7,12-16,35,37,46-47,54,89H,2,8-11,17-34,36,38-44H2,1H3,(H,70,85)(H,71,79)(H,72,82)(H,73,86)(H,74,81)(H,75,80)/t46?,47?,54-,69?/m0/s1. The maximum Gasteiger partial charge on any atom is 0.343 e. The van der Waals surface area contributed by atoms with Crippen LogP contribution in [0.3, 0.4) is 0 Å². The molecule has 540 valence electrons. The third kappa shape index (κ3) is 21.6. The number of aliphatic hydroxyl groups is 1. The molecule has 2 aromatic carbocycles. The van der Waals surface area contributed by atoms with Gasteiger partial charge in [0, 0.05) is 59.0 Å². The lowest BCUT2D eigenvalue weighted by atomic mass is 9.81. The summed E-state index contributed by atoms with van der Waals surface area (Å²) >= 11 is 1.36. The van der Waals surface area contributed by atoms with Crippen molar-refractivity contribution in [1.29, 1.82) is 0 Å². The van der Waals surface area contributed by atoms with Crippen molar-refractivity contribution in [2.24, 2.45) is 11.8 Å². The largest absolute Gasteiger partial charge is 0.458 e. The minimum absolute atomic E-state index is 0.00950. The molecule has 1 saturated carbocycles. The third-order valence-corrected chi connectivity index (χ3v) is 18.0. The average molecular weight is 1410 g/mol. The maximum absolute atomic E-state index is 13.8. The molecule has 2 atom stereocenters. The van der Waals surface area contributed by atoms with Gasteiger partial charge in [0.05, 0.1) is 167 Å². The van der Waals surface area contributed by atoms with E-state index in [9.17, 15) is 53.1 Å². The van der Waals surface area contributed by atoms with Gasteiger partial charge in [0.1, 0.15) is 19.3 Å². The van der Waals surface area contributed by atoms with Crippen LogP contribution in [0, 0.1) is 11.8 Å². The summed E-state index contributed by atoms with van der Waals surface area (Å²) in [5.74, 6) is -4.33. The van der Waals surface area contributed by atoms with Crippen molar-refractivity contribution in [1.82, 2.24) is 41.0 Å². The number of ether oxygens (including phenoxy) is 10. The van der Waals surface area contributed by atoms with E-state index < -0.39 is 66.8 Å². The number of nitrogens with zero attached hydrogens (tertiary/aromatic N) is 3. The van der Waals surface area contributed by atoms with Gasteiger partial charge in [0.25, 0.3) is 17.4 Å². The van der Waals surface area contributed by atoms with Gasteiger partial charge in [-0.3, -0.25) is 48.1 Å². The number of rotatable bonds is 44. The van der Waals surface area contributed by atoms with Crippen LogP contribution in [0.2, 0.25) is 0 Å². The van der Waals surface area contributed by atoms with Crippen molar-refractivity contribution in [3.8, 4) is 11.4 Å². The zero-order valence-corrected chi connectivity index (χ0v) is 56.8. The number of amides is 8. The van der Waals surface area contributed by atoms with Crippen molar-refractivity contribution in [3.63, 3.8) is 0 Å². The molecular formula is C69H87N9O21S. The first-order chi connectivity index (χ1) is 48.6. The van der Waals surface area contributed by atoms with E-state index in [1.165, 1.54) is 28.8 Å². The number of aromatic nitrogens is 2. The normalized spacial score (nSPS) is 17.5. The lowest BCUT2D eigenvalue weighted by Crippen LogP contribution is -2.52. The molecule has 5 aliphatic rings. The van der Waals surface area contributed by atoms with Gasteiger partial charge in [0.2, 0.25) is 35.4 Å².